The monoisotopic (exact) mass is 277 g/mol. The summed E-state index contributed by atoms with van der Waals surface area (Å²) in [5.74, 6) is 0.212. The molecule has 0 fully saturated rings. The van der Waals surface area contributed by atoms with Gasteiger partial charge in [-0.1, -0.05) is 0 Å². The van der Waals surface area contributed by atoms with Crippen molar-refractivity contribution in [3.05, 3.63) is 42.3 Å². The largest absolute Gasteiger partial charge is 0.465 e. The molecule has 0 aliphatic heterocycles. The SMILES string of the molecule is CN(C(=O)O)c1cc(Oc2ccc(N)c(F)c2)ccn1. The molecule has 3 N–H and O–H groups in total. The Balaban J connectivity index is 2.23. The van der Waals surface area contributed by atoms with Crippen LogP contribution in [0.5, 0.6) is 11.5 Å². The van der Waals surface area contributed by atoms with Crippen LogP contribution in [0.1, 0.15) is 0 Å². The first-order chi connectivity index (χ1) is 9.47. The highest BCUT2D eigenvalue weighted by Crippen LogP contribution is 2.26. The highest BCUT2D eigenvalue weighted by atomic mass is 19.1. The van der Waals surface area contributed by atoms with Crippen molar-refractivity contribution in [2.24, 2.45) is 0 Å². The molecule has 7 heteroatoms. The first kappa shape index (κ1) is 13.6. The van der Waals surface area contributed by atoms with Gasteiger partial charge in [0.2, 0.25) is 0 Å². The van der Waals surface area contributed by atoms with Gasteiger partial charge in [0.1, 0.15) is 23.1 Å². The van der Waals surface area contributed by atoms with Crippen molar-refractivity contribution in [1.29, 1.82) is 0 Å². The molecule has 0 unspecified atom stereocenters. The number of benzene rings is 1. The van der Waals surface area contributed by atoms with Crippen molar-refractivity contribution >= 4 is 17.6 Å². The van der Waals surface area contributed by atoms with E-state index in [0.29, 0.717) is 5.75 Å². The molecule has 6 nitrogen and oxygen atoms in total. The minimum Gasteiger partial charge on any atom is -0.465 e. The van der Waals surface area contributed by atoms with Gasteiger partial charge in [-0.3, -0.25) is 4.90 Å². The van der Waals surface area contributed by atoms with Crippen molar-refractivity contribution in [2.45, 2.75) is 0 Å². The number of anilines is 2. The average Bonchev–Trinajstić information content (AvgIpc) is 2.42. The Morgan fingerprint density at radius 3 is 2.70 bits per heavy atom. The van der Waals surface area contributed by atoms with E-state index in [4.69, 9.17) is 15.6 Å². The Kier molecular flexibility index (Phi) is 3.69. The number of nitrogen functional groups attached to an aromatic ring is 1. The molecule has 20 heavy (non-hydrogen) atoms. The zero-order valence-electron chi connectivity index (χ0n) is 10.6. The number of nitrogens with two attached hydrogens (primary N) is 1. The maximum atomic E-state index is 13.3. The lowest BCUT2D eigenvalue weighted by Gasteiger charge is -2.13. The molecule has 0 radical (unpaired) electrons. The van der Waals surface area contributed by atoms with Crippen molar-refractivity contribution in [1.82, 2.24) is 4.98 Å². The molecule has 0 atom stereocenters. The number of amides is 1. The van der Waals surface area contributed by atoms with Crippen LogP contribution in [0.3, 0.4) is 0 Å². The van der Waals surface area contributed by atoms with E-state index in [1.54, 1.807) is 0 Å². The van der Waals surface area contributed by atoms with E-state index in [1.807, 2.05) is 0 Å². The molecular weight excluding hydrogens is 265 g/mol. The Hall–Kier alpha value is -2.83. The van der Waals surface area contributed by atoms with Gasteiger partial charge in [-0.2, -0.15) is 0 Å². The van der Waals surface area contributed by atoms with E-state index in [-0.39, 0.29) is 17.3 Å². The van der Waals surface area contributed by atoms with E-state index >= 15 is 0 Å². The molecule has 0 bridgehead atoms. The molecule has 104 valence electrons. The van der Waals surface area contributed by atoms with Gasteiger partial charge in [0.25, 0.3) is 0 Å². The van der Waals surface area contributed by atoms with E-state index in [9.17, 15) is 9.18 Å². The van der Waals surface area contributed by atoms with Crippen molar-refractivity contribution in [2.75, 3.05) is 17.7 Å². The number of halogens is 1. The molecule has 0 saturated carbocycles. The zero-order valence-corrected chi connectivity index (χ0v) is 10.6. The number of hydrogen-bond donors (Lipinski definition) is 2. The standard InChI is InChI=1S/C13H12FN3O3/c1-17(13(18)19)12-7-9(4-5-16-12)20-8-2-3-11(15)10(14)6-8/h2-7H,15H2,1H3,(H,18,19). The first-order valence-electron chi connectivity index (χ1n) is 5.63. The fraction of sp³-hybridized carbons (Fsp3) is 0.0769. The van der Waals surface area contributed by atoms with Gasteiger partial charge < -0.3 is 15.6 Å². The molecule has 0 spiro atoms. The van der Waals surface area contributed by atoms with Gasteiger partial charge in [-0.15, -0.1) is 0 Å². The fourth-order valence-electron chi connectivity index (χ4n) is 1.45. The van der Waals surface area contributed by atoms with E-state index in [2.05, 4.69) is 4.98 Å². The molecule has 0 saturated heterocycles. The maximum Gasteiger partial charge on any atom is 0.412 e. The van der Waals surface area contributed by atoms with Gasteiger partial charge in [0, 0.05) is 25.4 Å². The van der Waals surface area contributed by atoms with E-state index in [0.717, 1.165) is 11.0 Å². The molecular formula is C13H12FN3O3. The Morgan fingerprint density at radius 1 is 1.35 bits per heavy atom. The highest BCUT2D eigenvalue weighted by Gasteiger charge is 2.11. The summed E-state index contributed by atoms with van der Waals surface area (Å²) < 4.78 is 18.7. The van der Waals surface area contributed by atoms with E-state index in [1.165, 1.54) is 37.5 Å². The number of nitrogens with zero attached hydrogens (tertiary/aromatic N) is 2. The minimum absolute atomic E-state index is 0.0263. The normalized spacial score (nSPS) is 10.1. The van der Waals surface area contributed by atoms with Crippen LogP contribution < -0.4 is 15.4 Å². The van der Waals surface area contributed by atoms with Crippen LogP contribution >= 0.6 is 0 Å². The molecule has 0 aliphatic carbocycles. The Bertz CT molecular complexity index is 649. The van der Waals surface area contributed by atoms with Crippen LogP contribution in [-0.4, -0.2) is 23.2 Å². The van der Waals surface area contributed by atoms with Gasteiger partial charge in [0.15, 0.2) is 0 Å². The van der Waals surface area contributed by atoms with Crippen molar-refractivity contribution in [3.63, 3.8) is 0 Å². The Labute approximate surface area is 114 Å². The number of hydrogen-bond acceptors (Lipinski definition) is 4. The lowest BCUT2D eigenvalue weighted by atomic mass is 10.3. The smallest absolute Gasteiger partial charge is 0.412 e. The summed E-state index contributed by atoms with van der Waals surface area (Å²) in [5.41, 5.74) is 5.39. The van der Waals surface area contributed by atoms with Crippen LogP contribution in [0.15, 0.2) is 36.5 Å². The van der Waals surface area contributed by atoms with Gasteiger partial charge in [0.05, 0.1) is 5.69 Å². The molecule has 2 rings (SSSR count). The van der Waals surface area contributed by atoms with E-state index < -0.39 is 11.9 Å². The number of carboxylic acid groups (broad SMARTS) is 1. The zero-order chi connectivity index (χ0) is 14.7. The summed E-state index contributed by atoms with van der Waals surface area (Å²) in [6, 6.07) is 7.02. The van der Waals surface area contributed by atoms with Gasteiger partial charge in [-0.25, -0.2) is 14.2 Å². The molecule has 1 amide bonds. The summed E-state index contributed by atoms with van der Waals surface area (Å²) in [6.45, 7) is 0. The lowest BCUT2D eigenvalue weighted by molar-refractivity contribution is 0.203. The number of aromatic nitrogens is 1. The van der Waals surface area contributed by atoms with Crippen molar-refractivity contribution in [3.8, 4) is 11.5 Å². The number of carbonyl (C=O) groups is 1. The molecule has 1 aromatic carbocycles. The predicted octanol–water partition coefficient (Wildman–Crippen LogP) is 2.71. The number of ether oxygens (including phenoxy) is 1. The molecule has 1 aromatic heterocycles. The van der Waals surface area contributed by atoms with Crippen LogP contribution in [0.25, 0.3) is 0 Å². The molecule has 1 heterocycles. The summed E-state index contributed by atoms with van der Waals surface area (Å²) >= 11 is 0. The second kappa shape index (κ2) is 5.43. The minimum atomic E-state index is -1.15. The number of rotatable bonds is 3. The summed E-state index contributed by atoms with van der Waals surface area (Å²) in [4.78, 5) is 15.7. The summed E-state index contributed by atoms with van der Waals surface area (Å²) in [5, 5.41) is 8.86. The van der Waals surface area contributed by atoms with Gasteiger partial charge >= 0.3 is 6.09 Å². The van der Waals surface area contributed by atoms with Gasteiger partial charge in [-0.05, 0) is 18.2 Å². The third-order valence-electron chi connectivity index (χ3n) is 2.56. The third-order valence-corrected chi connectivity index (χ3v) is 2.56. The predicted molar refractivity (Wildman–Crippen MR) is 71.6 cm³/mol. The van der Waals surface area contributed by atoms with Crippen LogP contribution in [0.4, 0.5) is 20.7 Å². The highest BCUT2D eigenvalue weighted by molar-refractivity contribution is 5.84. The summed E-state index contributed by atoms with van der Waals surface area (Å²) in [7, 11) is 1.36. The molecule has 2 aromatic rings. The first-order valence-corrected chi connectivity index (χ1v) is 5.63. The lowest BCUT2D eigenvalue weighted by Crippen LogP contribution is -2.24. The third kappa shape index (κ3) is 2.94. The van der Waals surface area contributed by atoms with Crippen LogP contribution in [0, 0.1) is 5.82 Å². The van der Waals surface area contributed by atoms with Crippen LogP contribution in [0.2, 0.25) is 0 Å². The molecule has 0 aliphatic rings. The number of pyridine rings is 1. The van der Waals surface area contributed by atoms with Crippen molar-refractivity contribution < 1.29 is 19.0 Å². The topological polar surface area (TPSA) is 88.7 Å². The average molecular weight is 277 g/mol. The second-order valence-corrected chi connectivity index (χ2v) is 3.98. The quantitative estimate of drug-likeness (QED) is 0.842. The summed E-state index contributed by atoms with van der Waals surface area (Å²) in [6.07, 6.45) is 0.255. The maximum absolute atomic E-state index is 13.3. The fourth-order valence-corrected chi connectivity index (χ4v) is 1.45. The second-order valence-electron chi connectivity index (χ2n) is 3.98. The van der Waals surface area contributed by atoms with Crippen LogP contribution in [-0.2, 0) is 0 Å². The Morgan fingerprint density at radius 2 is 2.05 bits per heavy atom.